The summed E-state index contributed by atoms with van der Waals surface area (Å²) < 4.78 is 27.0. The summed E-state index contributed by atoms with van der Waals surface area (Å²) in [6.07, 6.45) is 0. The zero-order chi connectivity index (χ0) is 17.7. The number of nitrogens with zero attached hydrogens (tertiary/aromatic N) is 1. The van der Waals surface area contributed by atoms with Gasteiger partial charge in [0.15, 0.2) is 0 Å². The van der Waals surface area contributed by atoms with Crippen LogP contribution in [-0.2, 0) is 14.8 Å². The molecule has 1 N–H and O–H groups in total. The minimum absolute atomic E-state index is 0.110. The van der Waals surface area contributed by atoms with Crippen molar-refractivity contribution >= 4 is 33.2 Å². The van der Waals surface area contributed by atoms with Crippen LogP contribution in [0.3, 0.4) is 0 Å². The van der Waals surface area contributed by atoms with E-state index in [4.69, 9.17) is 11.6 Å². The van der Waals surface area contributed by atoms with Gasteiger partial charge in [0.05, 0.1) is 4.90 Å². The molecule has 7 heteroatoms. The maximum Gasteiger partial charge on any atom is 0.240 e. The Hall–Kier alpha value is -1.89. The molecule has 0 aromatic heterocycles. The number of rotatable bonds is 6. The van der Waals surface area contributed by atoms with E-state index in [0.29, 0.717) is 10.7 Å². The van der Waals surface area contributed by atoms with Crippen LogP contribution in [0.15, 0.2) is 53.4 Å². The number of carbonyl (C=O) groups is 1. The number of hydrogen-bond donors (Lipinski definition) is 1. The second kappa shape index (κ2) is 7.79. The highest BCUT2D eigenvalue weighted by Crippen LogP contribution is 2.18. The minimum atomic E-state index is -3.60. The van der Waals surface area contributed by atoms with Gasteiger partial charge in [0, 0.05) is 30.7 Å². The smallest absolute Gasteiger partial charge is 0.240 e. The van der Waals surface area contributed by atoms with Crippen LogP contribution >= 0.6 is 11.6 Å². The van der Waals surface area contributed by atoms with Gasteiger partial charge in [0.1, 0.15) is 0 Å². The van der Waals surface area contributed by atoms with Crippen molar-refractivity contribution < 1.29 is 13.2 Å². The number of hydrogen-bond acceptors (Lipinski definition) is 3. The Bertz CT molecular complexity index is 803. The summed E-state index contributed by atoms with van der Waals surface area (Å²) in [4.78, 5) is 13.5. The van der Waals surface area contributed by atoms with E-state index in [0.717, 1.165) is 5.56 Å². The molecular weight excluding hydrogens is 348 g/mol. The van der Waals surface area contributed by atoms with Crippen molar-refractivity contribution in [2.45, 2.75) is 18.7 Å². The third-order valence-electron chi connectivity index (χ3n) is 3.48. The molecule has 0 aliphatic heterocycles. The fourth-order valence-electron chi connectivity index (χ4n) is 2.18. The van der Waals surface area contributed by atoms with Crippen LogP contribution in [0.5, 0.6) is 0 Å². The third kappa shape index (κ3) is 4.80. The van der Waals surface area contributed by atoms with Gasteiger partial charge >= 0.3 is 0 Å². The average molecular weight is 367 g/mol. The molecule has 128 valence electrons. The van der Waals surface area contributed by atoms with Crippen molar-refractivity contribution in [3.05, 3.63) is 59.1 Å². The van der Waals surface area contributed by atoms with Gasteiger partial charge in [-0.15, -0.1) is 0 Å². The Morgan fingerprint density at radius 3 is 2.21 bits per heavy atom. The van der Waals surface area contributed by atoms with E-state index >= 15 is 0 Å². The molecule has 24 heavy (non-hydrogen) atoms. The van der Waals surface area contributed by atoms with Gasteiger partial charge in [-0.2, -0.15) is 0 Å². The molecule has 5 nitrogen and oxygen atoms in total. The molecule has 0 aliphatic carbocycles. The number of halogens is 1. The lowest BCUT2D eigenvalue weighted by Gasteiger charge is -2.21. The van der Waals surface area contributed by atoms with Crippen molar-refractivity contribution in [1.82, 2.24) is 4.72 Å². The van der Waals surface area contributed by atoms with E-state index < -0.39 is 10.0 Å². The molecule has 0 fully saturated rings. The van der Waals surface area contributed by atoms with Gasteiger partial charge < -0.3 is 4.90 Å². The predicted molar refractivity (Wildman–Crippen MR) is 95.8 cm³/mol. The maximum absolute atomic E-state index is 12.2. The van der Waals surface area contributed by atoms with Gasteiger partial charge in [0.2, 0.25) is 15.9 Å². The summed E-state index contributed by atoms with van der Waals surface area (Å²) >= 11 is 5.84. The molecule has 0 unspecified atom stereocenters. The first-order chi connectivity index (χ1) is 11.3. The number of amides is 1. The zero-order valence-electron chi connectivity index (χ0n) is 13.5. The van der Waals surface area contributed by atoms with Gasteiger partial charge in [-0.25, -0.2) is 13.1 Å². The molecule has 2 rings (SSSR count). The number of anilines is 1. The minimum Gasteiger partial charge on any atom is -0.311 e. The van der Waals surface area contributed by atoms with Crippen molar-refractivity contribution in [1.29, 1.82) is 0 Å². The highest BCUT2D eigenvalue weighted by atomic mass is 35.5. The topological polar surface area (TPSA) is 66.5 Å². The zero-order valence-corrected chi connectivity index (χ0v) is 15.1. The molecule has 2 aromatic rings. The fourth-order valence-corrected chi connectivity index (χ4v) is 3.33. The predicted octanol–water partition coefficient (Wildman–Crippen LogP) is 2.98. The van der Waals surface area contributed by atoms with Gasteiger partial charge in [-0.3, -0.25) is 4.79 Å². The van der Waals surface area contributed by atoms with E-state index in [-0.39, 0.29) is 23.9 Å². The van der Waals surface area contributed by atoms with Crippen LogP contribution < -0.4 is 9.62 Å². The lowest BCUT2D eigenvalue weighted by Crippen LogP contribution is -2.37. The normalized spacial score (nSPS) is 11.3. The number of carbonyl (C=O) groups excluding carboxylic acids is 1. The molecule has 0 heterocycles. The molecule has 0 atom stereocenters. The van der Waals surface area contributed by atoms with Crippen molar-refractivity contribution in [2.24, 2.45) is 0 Å². The number of benzene rings is 2. The quantitative estimate of drug-likeness (QED) is 0.854. The monoisotopic (exact) mass is 366 g/mol. The highest BCUT2D eigenvalue weighted by molar-refractivity contribution is 7.89. The summed E-state index contributed by atoms with van der Waals surface area (Å²) in [7, 11) is -3.60. The first-order valence-corrected chi connectivity index (χ1v) is 9.26. The molecule has 0 bridgehead atoms. The van der Waals surface area contributed by atoms with Gasteiger partial charge in [0.25, 0.3) is 0 Å². The van der Waals surface area contributed by atoms with Gasteiger partial charge in [-0.05, 0) is 43.3 Å². The summed E-state index contributed by atoms with van der Waals surface area (Å²) in [5.41, 5.74) is 1.65. The van der Waals surface area contributed by atoms with Crippen molar-refractivity contribution in [2.75, 3.05) is 18.0 Å². The molecule has 0 saturated carbocycles. The lowest BCUT2D eigenvalue weighted by atomic mass is 10.2. The largest absolute Gasteiger partial charge is 0.311 e. The molecule has 0 radical (unpaired) electrons. The number of nitrogens with one attached hydrogen (secondary N) is 1. The van der Waals surface area contributed by atoms with E-state index in [1.54, 1.807) is 48.5 Å². The van der Waals surface area contributed by atoms with Crippen molar-refractivity contribution in [3.8, 4) is 0 Å². The lowest BCUT2D eigenvalue weighted by molar-refractivity contribution is -0.116. The Kier molecular flexibility index (Phi) is 5.99. The molecule has 0 saturated heterocycles. The molecule has 0 aliphatic rings. The number of sulfonamides is 1. The molecule has 1 amide bonds. The fraction of sp³-hybridized carbons (Fsp3) is 0.235. The second-order valence-electron chi connectivity index (χ2n) is 5.36. The summed E-state index contributed by atoms with van der Waals surface area (Å²) in [5, 5.41) is 0.572. The van der Waals surface area contributed by atoms with Crippen LogP contribution in [0.4, 0.5) is 5.69 Å². The molecule has 0 spiro atoms. The van der Waals surface area contributed by atoms with E-state index in [1.165, 1.54) is 11.8 Å². The van der Waals surface area contributed by atoms with Crippen LogP contribution in [0.1, 0.15) is 12.5 Å². The van der Waals surface area contributed by atoms with Crippen LogP contribution in [0, 0.1) is 6.92 Å². The standard InChI is InChI=1S/C17H19ClN2O3S/c1-13-3-9-17(10-4-13)24(22,23)19-11-12-20(14(2)21)16-7-5-15(18)6-8-16/h3-10,19H,11-12H2,1-2H3. The SMILES string of the molecule is CC(=O)N(CCNS(=O)(=O)c1ccc(C)cc1)c1ccc(Cl)cc1. The first-order valence-electron chi connectivity index (χ1n) is 7.39. The Balaban J connectivity index is 2.03. The average Bonchev–Trinajstić information content (AvgIpc) is 2.53. The third-order valence-corrected chi connectivity index (χ3v) is 5.21. The first kappa shape index (κ1) is 18.4. The van der Waals surface area contributed by atoms with Crippen LogP contribution in [0.25, 0.3) is 0 Å². The second-order valence-corrected chi connectivity index (χ2v) is 7.56. The van der Waals surface area contributed by atoms with Crippen LogP contribution in [0.2, 0.25) is 5.02 Å². The summed E-state index contributed by atoms with van der Waals surface area (Å²) in [6.45, 7) is 3.66. The van der Waals surface area contributed by atoms with Crippen LogP contribution in [-0.4, -0.2) is 27.4 Å². The Labute approximate surface area is 147 Å². The Morgan fingerprint density at radius 1 is 1.08 bits per heavy atom. The van der Waals surface area contributed by atoms with E-state index in [2.05, 4.69) is 4.72 Å². The van der Waals surface area contributed by atoms with E-state index in [9.17, 15) is 13.2 Å². The Morgan fingerprint density at radius 2 is 1.67 bits per heavy atom. The molecule has 2 aromatic carbocycles. The van der Waals surface area contributed by atoms with Gasteiger partial charge in [-0.1, -0.05) is 29.3 Å². The maximum atomic E-state index is 12.2. The summed E-state index contributed by atoms with van der Waals surface area (Å²) in [5.74, 6) is -0.174. The van der Waals surface area contributed by atoms with Crippen molar-refractivity contribution in [3.63, 3.8) is 0 Å². The molecular formula is C17H19ClN2O3S. The van der Waals surface area contributed by atoms with E-state index in [1.807, 2.05) is 6.92 Å². The summed E-state index contributed by atoms with van der Waals surface area (Å²) in [6, 6.07) is 13.4. The highest BCUT2D eigenvalue weighted by Gasteiger charge is 2.16. The number of aryl methyl sites for hydroxylation is 1.